The van der Waals surface area contributed by atoms with Crippen LogP contribution in [0.15, 0.2) is 0 Å². The minimum absolute atomic E-state index is 0.237. The Kier molecular flexibility index (Phi) is 7.96. The lowest BCUT2D eigenvalue weighted by atomic mass is 9.89. The minimum atomic E-state index is 0.237. The van der Waals surface area contributed by atoms with E-state index in [0.717, 1.165) is 12.8 Å². The van der Waals surface area contributed by atoms with Crippen molar-refractivity contribution in [1.82, 2.24) is 5.43 Å². The second kappa shape index (κ2) is 8.05. The Morgan fingerprint density at radius 1 is 1.27 bits per heavy atom. The van der Waals surface area contributed by atoms with E-state index in [-0.39, 0.29) is 6.04 Å². The van der Waals surface area contributed by atoms with E-state index in [0.29, 0.717) is 25.2 Å². The molecule has 3 N–H and O–H groups in total. The summed E-state index contributed by atoms with van der Waals surface area (Å²) < 4.78 is 10.3. The lowest BCUT2D eigenvalue weighted by molar-refractivity contribution is 0.0558. The zero-order valence-electron chi connectivity index (χ0n) is 10.5. The van der Waals surface area contributed by atoms with Crippen molar-refractivity contribution >= 4 is 0 Å². The Hall–Kier alpha value is -0.160. The predicted molar refractivity (Wildman–Crippen MR) is 62.5 cm³/mol. The van der Waals surface area contributed by atoms with E-state index >= 15 is 0 Å². The Balaban J connectivity index is 3.55. The highest BCUT2D eigenvalue weighted by molar-refractivity contribution is 4.69. The van der Waals surface area contributed by atoms with E-state index in [4.69, 9.17) is 15.3 Å². The number of hydrogen-bond donors (Lipinski definition) is 2. The molecule has 0 aromatic heterocycles. The molecule has 0 fully saturated rings. The molecular weight excluding hydrogens is 192 g/mol. The van der Waals surface area contributed by atoms with E-state index in [1.165, 1.54) is 0 Å². The van der Waals surface area contributed by atoms with Gasteiger partial charge in [-0.25, -0.2) is 0 Å². The summed E-state index contributed by atoms with van der Waals surface area (Å²) in [5.41, 5.74) is 3.13. The fourth-order valence-electron chi connectivity index (χ4n) is 1.19. The van der Waals surface area contributed by atoms with Crippen LogP contribution in [0.3, 0.4) is 0 Å². The topological polar surface area (TPSA) is 56.5 Å². The van der Waals surface area contributed by atoms with Gasteiger partial charge in [0.25, 0.3) is 0 Å². The molecule has 1 unspecified atom stereocenters. The van der Waals surface area contributed by atoms with Crippen molar-refractivity contribution in [2.45, 2.75) is 39.7 Å². The lowest BCUT2D eigenvalue weighted by Crippen LogP contribution is -2.39. The van der Waals surface area contributed by atoms with Crippen LogP contribution in [0.4, 0.5) is 0 Å². The largest absolute Gasteiger partial charge is 0.382 e. The van der Waals surface area contributed by atoms with Gasteiger partial charge in [-0.3, -0.25) is 11.3 Å². The first-order chi connectivity index (χ1) is 6.99. The molecule has 0 aliphatic carbocycles. The number of rotatable bonds is 8. The molecule has 4 nitrogen and oxygen atoms in total. The zero-order chi connectivity index (χ0) is 11.7. The third-order valence-electron chi connectivity index (χ3n) is 2.23. The second-order valence-corrected chi connectivity index (χ2v) is 5.03. The average molecular weight is 218 g/mol. The summed E-state index contributed by atoms with van der Waals surface area (Å²) in [5.74, 6) is 5.46. The molecule has 0 bridgehead atoms. The van der Waals surface area contributed by atoms with E-state index in [9.17, 15) is 0 Å². The van der Waals surface area contributed by atoms with Gasteiger partial charge in [-0.05, 0) is 18.3 Å². The Bertz CT molecular complexity index is 146. The fraction of sp³-hybridized carbons (Fsp3) is 1.00. The van der Waals surface area contributed by atoms with Crippen LogP contribution in [-0.4, -0.2) is 33.0 Å². The zero-order valence-corrected chi connectivity index (χ0v) is 10.5. The molecule has 0 amide bonds. The summed E-state index contributed by atoms with van der Waals surface area (Å²) in [6.07, 6.45) is 2.17. The number of hydrogen-bond acceptors (Lipinski definition) is 4. The molecule has 0 spiro atoms. The van der Waals surface area contributed by atoms with E-state index in [1.807, 2.05) is 0 Å². The van der Waals surface area contributed by atoms with Crippen LogP contribution in [-0.2, 0) is 9.47 Å². The van der Waals surface area contributed by atoms with Crippen LogP contribution in [0.25, 0.3) is 0 Å². The molecule has 0 saturated heterocycles. The molecule has 0 aromatic carbocycles. The van der Waals surface area contributed by atoms with Crippen molar-refractivity contribution in [3.05, 3.63) is 0 Å². The van der Waals surface area contributed by atoms with Crippen molar-refractivity contribution in [1.29, 1.82) is 0 Å². The third kappa shape index (κ3) is 10.1. The molecule has 0 heterocycles. The molecule has 15 heavy (non-hydrogen) atoms. The molecular formula is C11H26N2O2. The number of nitrogens with two attached hydrogens (primary N) is 1. The van der Waals surface area contributed by atoms with Crippen molar-refractivity contribution in [3.63, 3.8) is 0 Å². The van der Waals surface area contributed by atoms with Crippen LogP contribution < -0.4 is 11.3 Å². The van der Waals surface area contributed by atoms with Crippen molar-refractivity contribution < 1.29 is 9.47 Å². The fourth-order valence-corrected chi connectivity index (χ4v) is 1.19. The van der Waals surface area contributed by atoms with Crippen LogP contribution >= 0.6 is 0 Å². The highest BCUT2D eigenvalue weighted by Crippen LogP contribution is 2.21. The maximum absolute atomic E-state index is 5.46. The van der Waals surface area contributed by atoms with Gasteiger partial charge in [-0.15, -0.1) is 0 Å². The van der Waals surface area contributed by atoms with E-state index < -0.39 is 0 Å². The quantitative estimate of drug-likeness (QED) is 0.366. The summed E-state index contributed by atoms with van der Waals surface area (Å²) in [6, 6.07) is 0.237. The molecule has 92 valence electrons. The normalized spacial score (nSPS) is 14.2. The van der Waals surface area contributed by atoms with Crippen molar-refractivity contribution in [3.8, 4) is 0 Å². The SMILES string of the molecule is COCCOCC(CCC(C)(C)C)NN. The number of methoxy groups -OCH3 is 1. The van der Waals surface area contributed by atoms with Crippen LogP contribution in [0.5, 0.6) is 0 Å². The highest BCUT2D eigenvalue weighted by Gasteiger charge is 2.14. The van der Waals surface area contributed by atoms with Gasteiger partial charge in [-0.2, -0.15) is 0 Å². The standard InChI is InChI=1S/C11H26N2O2/c1-11(2,3)6-5-10(13-12)9-15-8-7-14-4/h10,13H,5-9,12H2,1-4H3. The van der Waals surface area contributed by atoms with Crippen LogP contribution in [0.1, 0.15) is 33.6 Å². The second-order valence-electron chi connectivity index (χ2n) is 5.03. The Morgan fingerprint density at radius 2 is 1.93 bits per heavy atom. The van der Waals surface area contributed by atoms with Gasteiger partial charge >= 0.3 is 0 Å². The first-order valence-electron chi connectivity index (χ1n) is 5.52. The number of nitrogens with one attached hydrogen (secondary N) is 1. The molecule has 1 atom stereocenters. The van der Waals surface area contributed by atoms with Gasteiger partial charge in [0.05, 0.1) is 19.8 Å². The van der Waals surface area contributed by atoms with Gasteiger partial charge in [0.1, 0.15) is 0 Å². The molecule has 4 heteroatoms. The molecule has 0 aliphatic rings. The predicted octanol–water partition coefficient (Wildman–Crippen LogP) is 1.31. The Morgan fingerprint density at radius 3 is 2.40 bits per heavy atom. The van der Waals surface area contributed by atoms with Gasteiger partial charge < -0.3 is 9.47 Å². The van der Waals surface area contributed by atoms with Crippen LogP contribution in [0.2, 0.25) is 0 Å². The smallest absolute Gasteiger partial charge is 0.0701 e. The van der Waals surface area contributed by atoms with Crippen molar-refractivity contribution in [2.24, 2.45) is 11.3 Å². The highest BCUT2D eigenvalue weighted by atomic mass is 16.5. The van der Waals surface area contributed by atoms with Crippen molar-refractivity contribution in [2.75, 3.05) is 26.9 Å². The first-order valence-corrected chi connectivity index (χ1v) is 5.52. The average Bonchev–Trinajstić information content (AvgIpc) is 2.15. The molecule has 0 aliphatic heterocycles. The molecule has 0 saturated carbocycles. The lowest BCUT2D eigenvalue weighted by Gasteiger charge is -2.22. The number of ether oxygens (including phenoxy) is 2. The maximum atomic E-state index is 5.46. The van der Waals surface area contributed by atoms with Gasteiger partial charge in [-0.1, -0.05) is 20.8 Å². The molecule has 0 aromatic rings. The summed E-state index contributed by atoms with van der Waals surface area (Å²) in [5, 5.41) is 0. The van der Waals surface area contributed by atoms with Gasteiger partial charge in [0, 0.05) is 13.2 Å². The van der Waals surface area contributed by atoms with E-state index in [2.05, 4.69) is 26.2 Å². The maximum Gasteiger partial charge on any atom is 0.0701 e. The summed E-state index contributed by atoms with van der Waals surface area (Å²) >= 11 is 0. The Labute approximate surface area is 93.5 Å². The number of hydrazine groups is 1. The summed E-state index contributed by atoms with van der Waals surface area (Å²) in [4.78, 5) is 0. The van der Waals surface area contributed by atoms with Gasteiger partial charge in [0.2, 0.25) is 0 Å². The minimum Gasteiger partial charge on any atom is -0.382 e. The van der Waals surface area contributed by atoms with Gasteiger partial charge in [0.15, 0.2) is 0 Å². The van der Waals surface area contributed by atoms with E-state index in [1.54, 1.807) is 7.11 Å². The third-order valence-corrected chi connectivity index (χ3v) is 2.23. The summed E-state index contributed by atoms with van der Waals surface area (Å²) in [6.45, 7) is 8.60. The summed E-state index contributed by atoms with van der Waals surface area (Å²) in [7, 11) is 1.67. The first kappa shape index (κ1) is 14.8. The van der Waals surface area contributed by atoms with Crippen LogP contribution in [0, 0.1) is 5.41 Å². The monoisotopic (exact) mass is 218 g/mol. The molecule has 0 radical (unpaired) electrons. The molecule has 0 rings (SSSR count).